The van der Waals surface area contributed by atoms with Gasteiger partial charge in [-0.15, -0.1) is 0 Å². The van der Waals surface area contributed by atoms with Gasteiger partial charge in [-0.1, -0.05) is 6.07 Å². The number of alkyl halides is 3. The Labute approximate surface area is 107 Å². The van der Waals surface area contributed by atoms with E-state index in [1.54, 1.807) is 0 Å². The SMILES string of the molecule is FC(F)(F)c1ccc(Cc2c[nH]nc2C2CC2)cn1. The van der Waals surface area contributed by atoms with Gasteiger partial charge in [-0.3, -0.25) is 10.1 Å². The van der Waals surface area contributed by atoms with E-state index in [0.717, 1.165) is 35.7 Å². The maximum Gasteiger partial charge on any atom is 0.433 e. The minimum atomic E-state index is -4.38. The second-order valence-corrected chi connectivity index (χ2v) is 4.80. The van der Waals surface area contributed by atoms with Gasteiger partial charge in [0.25, 0.3) is 0 Å². The van der Waals surface area contributed by atoms with Crippen molar-refractivity contribution in [2.75, 3.05) is 0 Å². The van der Waals surface area contributed by atoms with Crippen LogP contribution in [0.5, 0.6) is 0 Å². The topological polar surface area (TPSA) is 41.6 Å². The van der Waals surface area contributed by atoms with Crippen molar-refractivity contribution in [1.29, 1.82) is 0 Å². The van der Waals surface area contributed by atoms with Crippen LogP contribution in [0.25, 0.3) is 0 Å². The van der Waals surface area contributed by atoms with Crippen LogP contribution in [0.2, 0.25) is 0 Å². The van der Waals surface area contributed by atoms with Gasteiger partial charge in [0.15, 0.2) is 0 Å². The smallest absolute Gasteiger partial charge is 0.285 e. The normalized spacial score (nSPS) is 15.7. The Hall–Kier alpha value is -1.85. The van der Waals surface area contributed by atoms with E-state index in [1.165, 1.54) is 12.3 Å². The molecule has 2 aromatic rings. The zero-order chi connectivity index (χ0) is 13.5. The van der Waals surface area contributed by atoms with E-state index in [9.17, 15) is 13.2 Å². The minimum Gasteiger partial charge on any atom is -0.285 e. The van der Waals surface area contributed by atoms with Crippen molar-refractivity contribution in [2.24, 2.45) is 0 Å². The van der Waals surface area contributed by atoms with Crippen molar-refractivity contribution in [3.05, 3.63) is 47.0 Å². The molecule has 0 aromatic carbocycles. The van der Waals surface area contributed by atoms with Crippen LogP contribution in [0.4, 0.5) is 13.2 Å². The number of halogens is 3. The minimum absolute atomic E-state index is 0.517. The molecule has 3 nitrogen and oxygen atoms in total. The first kappa shape index (κ1) is 12.2. The monoisotopic (exact) mass is 267 g/mol. The summed E-state index contributed by atoms with van der Waals surface area (Å²) < 4.78 is 37.2. The predicted molar refractivity (Wildman–Crippen MR) is 62.6 cm³/mol. The van der Waals surface area contributed by atoms with Crippen LogP contribution in [-0.4, -0.2) is 15.2 Å². The molecule has 1 N–H and O–H groups in total. The number of nitrogens with one attached hydrogen (secondary N) is 1. The van der Waals surface area contributed by atoms with E-state index in [1.807, 2.05) is 6.20 Å². The Kier molecular flexibility index (Phi) is 2.80. The zero-order valence-electron chi connectivity index (χ0n) is 10.0. The van der Waals surface area contributed by atoms with Gasteiger partial charge in [0.05, 0.1) is 5.69 Å². The van der Waals surface area contributed by atoms with Gasteiger partial charge in [0, 0.05) is 24.7 Å². The molecule has 0 spiro atoms. The molecule has 1 aliphatic carbocycles. The third-order valence-electron chi connectivity index (χ3n) is 3.23. The molecule has 0 radical (unpaired) electrons. The highest BCUT2D eigenvalue weighted by Crippen LogP contribution is 2.40. The fourth-order valence-corrected chi connectivity index (χ4v) is 2.09. The highest BCUT2D eigenvalue weighted by atomic mass is 19.4. The molecule has 0 unspecified atom stereocenters. The Morgan fingerprint density at radius 3 is 2.63 bits per heavy atom. The maximum atomic E-state index is 12.4. The molecule has 1 aliphatic rings. The number of pyridine rings is 1. The average molecular weight is 267 g/mol. The predicted octanol–water partition coefficient (Wildman–Crippen LogP) is 3.29. The summed E-state index contributed by atoms with van der Waals surface area (Å²) in [5.41, 5.74) is 1.99. The van der Waals surface area contributed by atoms with Gasteiger partial charge in [-0.05, 0) is 30.0 Å². The molecule has 0 atom stereocenters. The molecule has 2 heterocycles. The van der Waals surface area contributed by atoms with E-state index in [-0.39, 0.29) is 0 Å². The van der Waals surface area contributed by atoms with Crippen molar-refractivity contribution >= 4 is 0 Å². The molecular formula is C13H12F3N3. The van der Waals surface area contributed by atoms with Crippen LogP contribution in [0.3, 0.4) is 0 Å². The largest absolute Gasteiger partial charge is 0.433 e. The molecule has 19 heavy (non-hydrogen) atoms. The van der Waals surface area contributed by atoms with Crippen molar-refractivity contribution in [3.63, 3.8) is 0 Å². The number of hydrogen-bond acceptors (Lipinski definition) is 2. The summed E-state index contributed by atoms with van der Waals surface area (Å²) in [6, 6.07) is 2.49. The Morgan fingerprint density at radius 2 is 2.05 bits per heavy atom. The molecule has 6 heteroatoms. The van der Waals surface area contributed by atoms with E-state index < -0.39 is 11.9 Å². The quantitative estimate of drug-likeness (QED) is 0.927. The zero-order valence-corrected chi connectivity index (χ0v) is 10.0. The van der Waals surface area contributed by atoms with E-state index in [4.69, 9.17) is 0 Å². The third-order valence-corrected chi connectivity index (χ3v) is 3.23. The van der Waals surface area contributed by atoms with Gasteiger partial charge in [0.2, 0.25) is 0 Å². The number of hydrogen-bond donors (Lipinski definition) is 1. The highest BCUT2D eigenvalue weighted by molar-refractivity contribution is 5.30. The molecular weight excluding hydrogens is 255 g/mol. The van der Waals surface area contributed by atoms with Gasteiger partial charge < -0.3 is 0 Å². The van der Waals surface area contributed by atoms with Crippen LogP contribution in [0, 0.1) is 0 Å². The summed E-state index contributed by atoms with van der Waals surface area (Å²) in [5.74, 6) is 0.517. The van der Waals surface area contributed by atoms with Crippen molar-refractivity contribution < 1.29 is 13.2 Å². The fourth-order valence-electron chi connectivity index (χ4n) is 2.09. The molecule has 0 saturated heterocycles. The van der Waals surface area contributed by atoms with Crippen LogP contribution in [0.1, 0.15) is 41.3 Å². The maximum absolute atomic E-state index is 12.4. The number of aromatic amines is 1. The standard InChI is InChI=1S/C13H12F3N3/c14-13(15,16)11-4-1-8(6-17-11)5-10-7-18-19-12(10)9-2-3-9/h1,4,6-7,9H,2-3,5H2,(H,18,19). The summed E-state index contributed by atoms with van der Waals surface area (Å²) >= 11 is 0. The molecule has 1 saturated carbocycles. The fraction of sp³-hybridized carbons (Fsp3) is 0.385. The van der Waals surface area contributed by atoms with Crippen LogP contribution >= 0.6 is 0 Å². The molecule has 3 rings (SSSR count). The first-order valence-corrected chi connectivity index (χ1v) is 6.08. The highest BCUT2D eigenvalue weighted by Gasteiger charge is 2.32. The summed E-state index contributed by atoms with van der Waals surface area (Å²) in [4.78, 5) is 3.47. The second kappa shape index (κ2) is 4.36. The van der Waals surface area contributed by atoms with Crippen LogP contribution < -0.4 is 0 Å². The van der Waals surface area contributed by atoms with Crippen molar-refractivity contribution in [2.45, 2.75) is 31.4 Å². The Balaban J connectivity index is 1.78. The molecule has 0 bridgehead atoms. The number of aromatic nitrogens is 3. The molecule has 0 amide bonds. The second-order valence-electron chi connectivity index (χ2n) is 4.80. The lowest BCUT2D eigenvalue weighted by Gasteiger charge is -2.06. The molecule has 1 fully saturated rings. The van der Waals surface area contributed by atoms with Gasteiger partial charge >= 0.3 is 6.18 Å². The first-order valence-electron chi connectivity index (χ1n) is 6.08. The third kappa shape index (κ3) is 2.62. The lowest BCUT2D eigenvalue weighted by atomic mass is 10.1. The number of nitrogens with zero attached hydrogens (tertiary/aromatic N) is 2. The lowest BCUT2D eigenvalue weighted by molar-refractivity contribution is -0.141. The number of rotatable bonds is 3. The number of H-pyrrole nitrogens is 1. The molecule has 0 aliphatic heterocycles. The average Bonchev–Trinajstić information content (AvgIpc) is 3.10. The van der Waals surface area contributed by atoms with Gasteiger partial charge in [-0.25, -0.2) is 0 Å². The van der Waals surface area contributed by atoms with Crippen LogP contribution in [-0.2, 0) is 12.6 Å². The van der Waals surface area contributed by atoms with Crippen LogP contribution in [0.15, 0.2) is 24.5 Å². The van der Waals surface area contributed by atoms with E-state index in [0.29, 0.717) is 12.3 Å². The Bertz CT molecular complexity index is 568. The lowest BCUT2D eigenvalue weighted by Crippen LogP contribution is -2.07. The summed E-state index contributed by atoms with van der Waals surface area (Å²) in [7, 11) is 0. The Morgan fingerprint density at radius 1 is 1.26 bits per heavy atom. The summed E-state index contributed by atoms with van der Waals surface area (Å²) in [6.07, 6.45) is 1.56. The van der Waals surface area contributed by atoms with Gasteiger partial charge in [0.1, 0.15) is 5.69 Å². The van der Waals surface area contributed by atoms with E-state index in [2.05, 4.69) is 15.2 Å². The van der Waals surface area contributed by atoms with Gasteiger partial charge in [-0.2, -0.15) is 18.3 Å². The van der Waals surface area contributed by atoms with E-state index >= 15 is 0 Å². The summed E-state index contributed by atoms with van der Waals surface area (Å²) in [5, 5.41) is 7.03. The van der Waals surface area contributed by atoms with Crippen molar-refractivity contribution in [3.8, 4) is 0 Å². The molecule has 100 valence electrons. The van der Waals surface area contributed by atoms with Crippen molar-refractivity contribution in [1.82, 2.24) is 15.2 Å². The summed E-state index contributed by atoms with van der Waals surface area (Å²) in [6.45, 7) is 0. The first-order chi connectivity index (χ1) is 9.04. The molecule has 2 aromatic heterocycles.